The lowest BCUT2D eigenvalue weighted by Crippen LogP contribution is -2.30. The quantitative estimate of drug-likeness (QED) is 0.570. The third-order valence-corrected chi connectivity index (χ3v) is 3.41. The molecule has 1 aromatic heterocycles. The fraction of sp³-hybridized carbons (Fsp3) is 0.125. The molecule has 1 unspecified atom stereocenters. The van der Waals surface area contributed by atoms with Gasteiger partial charge in [-0.05, 0) is 30.2 Å². The standard InChI is InChI=1S/C16H15FN4/c17-12-6-2-1-5-11(12)9-15(21-18)16-10-19-13-7-3-4-8-14(13)20-16/h1-8,10,15,21H,9,18H2. The molecule has 0 saturated heterocycles. The van der Waals surface area contributed by atoms with E-state index in [1.165, 1.54) is 6.07 Å². The van der Waals surface area contributed by atoms with Crippen LogP contribution in [0, 0.1) is 5.82 Å². The SMILES string of the molecule is NNC(Cc1ccccc1F)c1cnc2ccccc2n1. The molecule has 3 N–H and O–H groups in total. The van der Waals surface area contributed by atoms with E-state index in [0.717, 1.165) is 11.0 Å². The van der Waals surface area contributed by atoms with Crippen molar-refractivity contribution in [1.29, 1.82) is 0 Å². The first-order valence-corrected chi connectivity index (χ1v) is 6.69. The molecule has 0 spiro atoms. The lowest BCUT2D eigenvalue weighted by atomic mass is 10.0. The Morgan fingerprint density at radius 2 is 1.76 bits per heavy atom. The summed E-state index contributed by atoms with van der Waals surface area (Å²) in [5, 5.41) is 0. The first kappa shape index (κ1) is 13.6. The minimum Gasteiger partial charge on any atom is -0.271 e. The molecule has 0 radical (unpaired) electrons. The van der Waals surface area contributed by atoms with E-state index in [0.29, 0.717) is 17.7 Å². The molecule has 0 aliphatic carbocycles. The number of hydrogen-bond acceptors (Lipinski definition) is 4. The van der Waals surface area contributed by atoms with E-state index in [-0.39, 0.29) is 11.9 Å². The Balaban J connectivity index is 1.93. The van der Waals surface area contributed by atoms with Gasteiger partial charge in [0.05, 0.1) is 29.0 Å². The summed E-state index contributed by atoms with van der Waals surface area (Å²) < 4.78 is 13.8. The van der Waals surface area contributed by atoms with Crippen LogP contribution >= 0.6 is 0 Å². The lowest BCUT2D eigenvalue weighted by Gasteiger charge is -2.16. The number of nitrogens with one attached hydrogen (secondary N) is 1. The summed E-state index contributed by atoms with van der Waals surface area (Å²) in [7, 11) is 0. The number of nitrogens with two attached hydrogens (primary N) is 1. The first-order valence-electron chi connectivity index (χ1n) is 6.69. The Morgan fingerprint density at radius 1 is 1.05 bits per heavy atom. The van der Waals surface area contributed by atoms with Gasteiger partial charge in [0.1, 0.15) is 5.82 Å². The fourth-order valence-corrected chi connectivity index (χ4v) is 2.27. The summed E-state index contributed by atoms with van der Waals surface area (Å²) in [5.74, 6) is 5.36. The molecule has 0 fully saturated rings. The normalized spacial score (nSPS) is 12.5. The maximum absolute atomic E-state index is 13.8. The van der Waals surface area contributed by atoms with E-state index < -0.39 is 0 Å². The number of hydrazine groups is 1. The van der Waals surface area contributed by atoms with Crippen molar-refractivity contribution in [3.8, 4) is 0 Å². The molecule has 0 bridgehead atoms. The van der Waals surface area contributed by atoms with Crippen molar-refractivity contribution in [2.45, 2.75) is 12.5 Å². The average Bonchev–Trinajstić information content (AvgIpc) is 2.54. The van der Waals surface area contributed by atoms with Crippen LogP contribution < -0.4 is 11.3 Å². The minimum atomic E-state index is -0.293. The highest BCUT2D eigenvalue weighted by Gasteiger charge is 2.15. The van der Waals surface area contributed by atoms with E-state index in [9.17, 15) is 4.39 Å². The summed E-state index contributed by atoms with van der Waals surface area (Å²) >= 11 is 0. The van der Waals surface area contributed by atoms with Gasteiger partial charge in [-0.25, -0.2) is 9.37 Å². The van der Waals surface area contributed by atoms with Crippen molar-refractivity contribution >= 4 is 11.0 Å². The molecule has 3 aromatic rings. The monoisotopic (exact) mass is 282 g/mol. The van der Waals surface area contributed by atoms with Crippen molar-refractivity contribution in [3.05, 3.63) is 71.8 Å². The van der Waals surface area contributed by atoms with Gasteiger partial charge in [-0.15, -0.1) is 0 Å². The number of halogens is 1. The number of benzene rings is 2. The van der Waals surface area contributed by atoms with Crippen LogP contribution in [0.3, 0.4) is 0 Å². The summed E-state index contributed by atoms with van der Waals surface area (Å²) in [6.45, 7) is 0. The molecule has 4 nitrogen and oxygen atoms in total. The van der Waals surface area contributed by atoms with Gasteiger partial charge in [0.15, 0.2) is 0 Å². The predicted octanol–water partition coefficient (Wildman–Crippen LogP) is 2.52. The van der Waals surface area contributed by atoms with Crippen molar-refractivity contribution in [2.24, 2.45) is 5.84 Å². The lowest BCUT2D eigenvalue weighted by molar-refractivity contribution is 0.519. The van der Waals surface area contributed by atoms with Gasteiger partial charge in [0, 0.05) is 0 Å². The molecule has 5 heteroatoms. The van der Waals surface area contributed by atoms with Crippen LogP contribution in [0.1, 0.15) is 17.3 Å². The van der Waals surface area contributed by atoms with Crippen LogP contribution in [0.5, 0.6) is 0 Å². The van der Waals surface area contributed by atoms with Gasteiger partial charge in [0.25, 0.3) is 0 Å². The van der Waals surface area contributed by atoms with Crippen LogP contribution in [0.25, 0.3) is 11.0 Å². The summed E-state index contributed by atoms with van der Waals surface area (Å²) in [6.07, 6.45) is 2.09. The summed E-state index contributed by atoms with van der Waals surface area (Å²) in [4.78, 5) is 8.91. The second-order valence-corrected chi connectivity index (χ2v) is 4.80. The molecule has 0 aliphatic rings. The van der Waals surface area contributed by atoms with E-state index >= 15 is 0 Å². The molecule has 21 heavy (non-hydrogen) atoms. The van der Waals surface area contributed by atoms with Crippen molar-refractivity contribution < 1.29 is 4.39 Å². The van der Waals surface area contributed by atoms with Crippen molar-refractivity contribution in [1.82, 2.24) is 15.4 Å². The Bertz CT molecular complexity index is 760. The maximum atomic E-state index is 13.8. The Labute approximate surface area is 121 Å². The van der Waals surface area contributed by atoms with Gasteiger partial charge in [-0.2, -0.15) is 0 Å². The van der Waals surface area contributed by atoms with Crippen LogP contribution in [0.15, 0.2) is 54.7 Å². The van der Waals surface area contributed by atoms with Crippen LogP contribution in [-0.2, 0) is 6.42 Å². The Hall–Kier alpha value is -2.37. The number of nitrogens with zero attached hydrogens (tertiary/aromatic N) is 2. The molecule has 1 atom stereocenters. The van der Waals surface area contributed by atoms with E-state index in [4.69, 9.17) is 5.84 Å². The highest BCUT2D eigenvalue weighted by molar-refractivity contribution is 5.73. The average molecular weight is 282 g/mol. The zero-order chi connectivity index (χ0) is 14.7. The topological polar surface area (TPSA) is 63.8 Å². The number of aromatic nitrogens is 2. The molecular weight excluding hydrogens is 267 g/mol. The number of hydrogen-bond donors (Lipinski definition) is 2. The number of rotatable bonds is 4. The second kappa shape index (κ2) is 5.95. The Morgan fingerprint density at radius 3 is 2.52 bits per heavy atom. The molecule has 0 amide bonds. The largest absolute Gasteiger partial charge is 0.271 e. The Kier molecular flexibility index (Phi) is 3.85. The fourth-order valence-electron chi connectivity index (χ4n) is 2.27. The van der Waals surface area contributed by atoms with E-state index in [1.807, 2.05) is 24.3 Å². The highest BCUT2D eigenvalue weighted by Crippen LogP contribution is 2.19. The third kappa shape index (κ3) is 2.89. The zero-order valence-corrected chi connectivity index (χ0v) is 11.3. The molecule has 0 saturated carbocycles. The smallest absolute Gasteiger partial charge is 0.126 e. The predicted molar refractivity (Wildman–Crippen MR) is 79.7 cm³/mol. The maximum Gasteiger partial charge on any atom is 0.126 e. The number of para-hydroxylation sites is 2. The molecule has 3 rings (SSSR count). The highest BCUT2D eigenvalue weighted by atomic mass is 19.1. The van der Waals surface area contributed by atoms with Gasteiger partial charge < -0.3 is 0 Å². The first-order chi connectivity index (χ1) is 10.3. The van der Waals surface area contributed by atoms with Crippen LogP contribution in [0.4, 0.5) is 4.39 Å². The minimum absolute atomic E-state index is 0.244. The molecule has 106 valence electrons. The van der Waals surface area contributed by atoms with Crippen LogP contribution in [-0.4, -0.2) is 9.97 Å². The molecule has 1 heterocycles. The van der Waals surface area contributed by atoms with E-state index in [2.05, 4.69) is 15.4 Å². The number of fused-ring (bicyclic) bond motifs is 1. The van der Waals surface area contributed by atoms with Gasteiger partial charge in [-0.3, -0.25) is 16.3 Å². The summed E-state index contributed by atoms with van der Waals surface area (Å²) in [5.41, 5.74) is 5.59. The molecular formula is C16H15FN4. The summed E-state index contributed by atoms with van der Waals surface area (Å²) in [6, 6.07) is 14.0. The second-order valence-electron chi connectivity index (χ2n) is 4.80. The van der Waals surface area contributed by atoms with Gasteiger partial charge in [0.2, 0.25) is 0 Å². The van der Waals surface area contributed by atoms with E-state index in [1.54, 1.807) is 24.4 Å². The van der Waals surface area contributed by atoms with Crippen LogP contribution in [0.2, 0.25) is 0 Å². The van der Waals surface area contributed by atoms with Crippen molar-refractivity contribution in [2.75, 3.05) is 0 Å². The molecule has 0 aliphatic heterocycles. The third-order valence-electron chi connectivity index (χ3n) is 3.41. The van der Waals surface area contributed by atoms with Gasteiger partial charge >= 0.3 is 0 Å². The zero-order valence-electron chi connectivity index (χ0n) is 11.3. The van der Waals surface area contributed by atoms with Crippen molar-refractivity contribution in [3.63, 3.8) is 0 Å². The van der Waals surface area contributed by atoms with Gasteiger partial charge in [-0.1, -0.05) is 30.3 Å². The molecule has 2 aromatic carbocycles.